The summed E-state index contributed by atoms with van der Waals surface area (Å²) in [6.45, 7) is 1.05. The molecule has 0 saturated carbocycles. The van der Waals surface area contributed by atoms with E-state index in [1.165, 1.54) is 37.9 Å². The number of carbonyl (C=O) groups is 2. The number of thioether (sulfide) groups is 1. The van der Waals surface area contributed by atoms with Gasteiger partial charge in [-0.2, -0.15) is 4.31 Å². The predicted molar refractivity (Wildman–Crippen MR) is 107 cm³/mol. The smallest absolute Gasteiger partial charge is 0.243 e. The van der Waals surface area contributed by atoms with E-state index in [-0.39, 0.29) is 17.3 Å². The van der Waals surface area contributed by atoms with Crippen molar-refractivity contribution in [1.29, 1.82) is 0 Å². The second kappa shape index (κ2) is 9.03. The third-order valence-corrected chi connectivity index (χ3v) is 6.16. The van der Waals surface area contributed by atoms with Crippen LogP contribution in [-0.4, -0.2) is 44.4 Å². The Kier molecular flexibility index (Phi) is 7.00. The molecule has 144 valence electrons. The molecular weight excluding hydrogens is 386 g/mol. The monoisotopic (exact) mass is 407 g/mol. The second-order valence-electron chi connectivity index (χ2n) is 5.75. The number of amides is 2. The van der Waals surface area contributed by atoms with Crippen molar-refractivity contribution < 1.29 is 18.0 Å². The van der Waals surface area contributed by atoms with E-state index in [1.54, 1.807) is 36.4 Å². The Morgan fingerprint density at radius 3 is 2.19 bits per heavy atom. The molecule has 0 heterocycles. The third kappa shape index (κ3) is 5.81. The van der Waals surface area contributed by atoms with E-state index in [9.17, 15) is 18.0 Å². The summed E-state index contributed by atoms with van der Waals surface area (Å²) in [5.41, 5.74) is 0.997. The Morgan fingerprint density at radius 1 is 1.04 bits per heavy atom. The first-order valence-corrected chi connectivity index (χ1v) is 10.7. The number of likely N-dealkylation sites (N-methyl/N-ethyl adjacent to an activating group) is 1. The molecule has 0 aliphatic heterocycles. The van der Waals surface area contributed by atoms with E-state index in [0.29, 0.717) is 11.4 Å². The molecule has 0 saturated heterocycles. The molecule has 7 nitrogen and oxygen atoms in total. The molecule has 27 heavy (non-hydrogen) atoms. The molecule has 0 aliphatic carbocycles. The lowest BCUT2D eigenvalue weighted by molar-refractivity contribution is -0.116. The lowest BCUT2D eigenvalue weighted by atomic mass is 10.2. The van der Waals surface area contributed by atoms with Crippen LogP contribution in [0.25, 0.3) is 0 Å². The summed E-state index contributed by atoms with van der Waals surface area (Å²) in [4.78, 5) is 24.4. The summed E-state index contributed by atoms with van der Waals surface area (Å²) in [6, 6.07) is 13.1. The number of hydrogen-bond donors (Lipinski definition) is 2. The van der Waals surface area contributed by atoms with Crippen LogP contribution in [0.5, 0.6) is 0 Å². The maximum atomic E-state index is 12.6. The largest absolute Gasteiger partial charge is 0.326 e. The van der Waals surface area contributed by atoms with Crippen LogP contribution in [0.2, 0.25) is 0 Å². The van der Waals surface area contributed by atoms with Crippen molar-refractivity contribution in [1.82, 2.24) is 4.31 Å². The van der Waals surface area contributed by atoms with Crippen LogP contribution in [0, 0.1) is 0 Å². The van der Waals surface area contributed by atoms with Gasteiger partial charge in [0.1, 0.15) is 0 Å². The Bertz CT molecular complexity index is 928. The molecule has 2 N–H and O–H groups in total. The fourth-order valence-electron chi connectivity index (χ4n) is 2.29. The number of anilines is 2. The quantitative estimate of drug-likeness (QED) is 0.688. The highest BCUT2D eigenvalue weighted by Crippen LogP contribution is 2.20. The Morgan fingerprint density at radius 2 is 1.63 bits per heavy atom. The predicted octanol–water partition coefficient (Wildman–Crippen LogP) is 2.63. The van der Waals surface area contributed by atoms with Gasteiger partial charge >= 0.3 is 0 Å². The Balaban J connectivity index is 2.04. The molecule has 2 amide bonds. The summed E-state index contributed by atoms with van der Waals surface area (Å²) < 4.78 is 26.2. The SMILES string of the molecule is CSc1ccc(S(=O)(=O)N(C)CC(=O)Nc2cccc(NC(C)=O)c2)cc1. The summed E-state index contributed by atoms with van der Waals surface area (Å²) in [5, 5.41) is 5.24. The minimum Gasteiger partial charge on any atom is -0.326 e. The highest BCUT2D eigenvalue weighted by molar-refractivity contribution is 7.98. The highest BCUT2D eigenvalue weighted by Gasteiger charge is 2.23. The Hall–Kier alpha value is -2.36. The number of benzene rings is 2. The average Bonchev–Trinajstić information content (AvgIpc) is 2.61. The molecule has 0 atom stereocenters. The van der Waals surface area contributed by atoms with E-state index in [0.717, 1.165) is 9.20 Å². The maximum Gasteiger partial charge on any atom is 0.243 e. The van der Waals surface area contributed by atoms with Crippen LogP contribution < -0.4 is 10.6 Å². The molecule has 0 spiro atoms. The first-order chi connectivity index (χ1) is 12.7. The minimum absolute atomic E-state index is 0.128. The molecule has 0 radical (unpaired) electrons. The third-order valence-electron chi connectivity index (χ3n) is 3.60. The molecule has 2 aromatic carbocycles. The van der Waals surface area contributed by atoms with Crippen molar-refractivity contribution in [3.63, 3.8) is 0 Å². The van der Waals surface area contributed by atoms with Gasteiger partial charge in [-0.25, -0.2) is 8.42 Å². The van der Waals surface area contributed by atoms with Crippen LogP contribution in [0.4, 0.5) is 11.4 Å². The molecule has 0 aromatic heterocycles. The first kappa shape index (κ1) is 20.9. The van der Waals surface area contributed by atoms with E-state index in [1.807, 2.05) is 6.26 Å². The lowest BCUT2D eigenvalue weighted by Crippen LogP contribution is -2.34. The van der Waals surface area contributed by atoms with Gasteiger partial charge in [0.25, 0.3) is 0 Å². The molecule has 0 aliphatic rings. The minimum atomic E-state index is -3.77. The molecule has 2 rings (SSSR count). The summed E-state index contributed by atoms with van der Waals surface area (Å²) in [5.74, 6) is -0.710. The van der Waals surface area contributed by atoms with Gasteiger partial charge in [0.2, 0.25) is 21.8 Å². The molecule has 9 heteroatoms. The van der Waals surface area contributed by atoms with Gasteiger partial charge in [-0.15, -0.1) is 11.8 Å². The van der Waals surface area contributed by atoms with E-state index >= 15 is 0 Å². The number of sulfonamides is 1. The highest BCUT2D eigenvalue weighted by atomic mass is 32.2. The van der Waals surface area contributed by atoms with Crippen molar-refractivity contribution >= 4 is 45.0 Å². The molecule has 0 bridgehead atoms. The van der Waals surface area contributed by atoms with E-state index < -0.39 is 15.9 Å². The fraction of sp³-hybridized carbons (Fsp3) is 0.222. The van der Waals surface area contributed by atoms with Gasteiger partial charge in [-0.3, -0.25) is 9.59 Å². The van der Waals surface area contributed by atoms with Crippen molar-refractivity contribution in [2.45, 2.75) is 16.7 Å². The van der Waals surface area contributed by atoms with Crippen molar-refractivity contribution in [3.8, 4) is 0 Å². The normalized spacial score (nSPS) is 11.3. The number of rotatable bonds is 7. The number of nitrogens with one attached hydrogen (secondary N) is 2. The topological polar surface area (TPSA) is 95.6 Å². The van der Waals surface area contributed by atoms with Gasteiger partial charge in [0.05, 0.1) is 11.4 Å². The van der Waals surface area contributed by atoms with Crippen LogP contribution in [0.1, 0.15) is 6.92 Å². The van der Waals surface area contributed by atoms with E-state index in [2.05, 4.69) is 10.6 Å². The zero-order valence-electron chi connectivity index (χ0n) is 15.2. The van der Waals surface area contributed by atoms with Gasteiger partial charge < -0.3 is 10.6 Å². The zero-order valence-corrected chi connectivity index (χ0v) is 16.9. The van der Waals surface area contributed by atoms with Gasteiger partial charge in [-0.1, -0.05) is 6.07 Å². The lowest BCUT2D eigenvalue weighted by Gasteiger charge is -2.17. The maximum absolute atomic E-state index is 12.6. The first-order valence-electron chi connectivity index (χ1n) is 8.00. The van der Waals surface area contributed by atoms with Crippen molar-refractivity contribution in [3.05, 3.63) is 48.5 Å². The second-order valence-corrected chi connectivity index (χ2v) is 8.67. The summed E-state index contributed by atoms with van der Waals surface area (Å²) in [7, 11) is -2.42. The van der Waals surface area contributed by atoms with Crippen molar-refractivity contribution in [2.24, 2.45) is 0 Å². The fourth-order valence-corrected chi connectivity index (χ4v) is 3.83. The standard InChI is InChI=1S/C18H21N3O4S2/c1-13(22)19-14-5-4-6-15(11-14)20-18(23)12-21(2)27(24,25)17-9-7-16(26-3)8-10-17/h4-11H,12H2,1-3H3,(H,19,22)(H,20,23). The van der Waals surface area contributed by atoms with Crippen LogP contribution >= 0.6 is 11.8 Å². The summed E-state index contributed by atoms with van der Waals surface area (Å²) in [6.07, 6.45) is 1.90. The van der Waals surface area contributed by atoms with Crippen LogP contribution in [0.15, 0.2) is 58.3 Å². The Labute approximate surface area is 163 Å². The number of hydrogen-bond acceptors (Lipinski definition) is 5. The van der Waals surface area contributed by atoms with Gasteiger partial charge in [0.15, 0.2) is 0 Å². The van der Waals surface area contributed by atoms with E-state index in [4.69, 9.17) is 0 Å². The van der Waals surface area contributed by atoms with Crippen LogP contribution in [0.3, 0.4) is 0 Å². The number of nitrogens with zero attached hydrogens (tertiary/aromatic N) is 1. The number of carbonyl (C=O) groups excluding carboxylic acids is 2. The summed E-state index contributed by atoms with van der Waals surface area (Å²) >= 11 is 1.51. The molecule has 2 aromatic rings. The van der Waals surface area contributed by atoms with Crippen LogP contribution in [-0.2, 0) is 19.6 Å². The molecule has 0 fully saturated rings. The van der Waals surface area contributed by atoms with Crippen molar-refractivity contribution in [2.75, 3.05) is 30.5 Å². The molecular formula is C18H21N3O4S2. The zero-order chi connectivity index (χ0) is 20.0. The van der Waals surface area contributed by atoms with Gasteiger partial charge in [0, 0.05) is 30.2 Å². The average molecular weight is 408 g/mol. The molecule has 0 unspecified atom stereocenters. The van der Waals surface area contributed by atoms with Gasteiger partial charge in [-0.05, 0) is 48.7 Å².